The third-order valence-corrected chi connectivity index (χ3v) is 5.16. The average molecular weight is 277 g/mol. The van der Waals surface area contributed by atoms with Crippen molar-refractivity contribution in [1.82, 2.24) is 9.78 Å². The molecule has 1 heterocycles. The maximum Gasteiger partial charge on any atom is 0.0728 e. The Morgan fingerprint density at radius 3 is 2.80 bits per heavy atom. The van der Waals surface area contributed by atoms with E-state index < -0.39 is 0 Å². The van der Waals surface area contributed by atoms with Crippen LogP contribution in [0.15, 0.2) is 12.4 Å². The van der Waals surface area contributed by atoms with Crippen LogP contribution in [0.5, 0.6) is 0 Å². The molecule has 1 N–H and O–H groups in total. The van der Waals surface area contributed by atoms with E-state index in [9.17, 15) is 0 Å². The van der Waals surface area contributed by atoms with Crippen molar-refractivity contribution in [3.8, 4) is 0 Å². The molecule has 2 unspecified atom stereocenters. The fourth-order valence-corrected chi connectivity index (χ4v) is 3.99. The second-order valence-corrected chi connectivity index (χ2v) is 6.62. The molecule has 112 valence electrons. The molecule has 4 nitrogen and oxygen atoms in total. The second kappa shape index (κ2) is 5.40. The molecule has 0 saturated heterocycles. The van der Waals surface area contributed by atoms with Crippen molar-refractivity contribution in [3.63, 3.8) is 0 Å². The number of nitrogens with zero attached hydrogens (tertiary/aromatic N) is 2. The Hall–Kier alpha value is -1.03. The van der Waals surface area contributed by atoms with Crippen molar-refractivity contribution in [2.75, 3.05) is 11.9 Å². The number of ether oxygens (including phenoxy) is 1. The third kappa shape index (κ3) is 2.24. The summed E-state index contributed by atoms with van der Waals surface area (Å²) in [5.74, 6) is 0. The molecule has 3 rings (SSSR count). The second-order valence-electron chi connectivity index (χ2n) is 6.62. The highest BCUT2D eigenvalue weighted by molar-refractivity contribution is 5.42. The van der Waals surface area contributed by atoms with Crippen LogP contribution in [0, 0.1) is 5.41 Å². The maximum atomic E-state index is 5.97. The van der Waals surface area contributed by atoms with Gasteiger partial charge in [-0.1, -0.05) is 12.8 Å². The van der Waals surface area contributed by atoms with Crippen LogP contribution in [0.4, 0.5) is 5.69 Å². The predicted molar refractivity (Wildman–Crippen MR) is 81.0 cm³/mol. The van der Waals surface area contributed by atoms with Crippen LogP contribution in [0.2, 0.25) is 0 Å². The van der Waals surface area contributed by atoms with Crippen LogP contribution >= 0.6 is 0 Å². The van der Waals surface area contributed by atoms with Crippen molar-refractivity contribution < 1.29 is 4.74 Å². The average Bonchev–Trinajstić information content (AvgIpc) is 3.08. The van der Waals surface area contributed by atoms with Gasteiger partial charge in [0.2, 0.25) is 0 Å². The number of nitrogens with one attached hydrogen (secondary N) is 1. The Bertz CT molecular complexity index is 448. The van der Waals surface area contributed by atoms with Crippen LogP contribution in [-0.4, -0.2) is 28.5 Å². The first-order valence-corrected chi connectivity index (χ1v) is 8.08. The molecule has 2 fully saturated rings. The van der Waals surface area contributed by atoms with Gasteiger partial charge < -0.3 is 10.1 Å². The first kappa shape index (κ1) is 13.9. The van der Waals surface area contributed by atoms with Gasteiger partial charge in [0.25, 0.3) is 0 Å². The number of anilines is 1. The van der Waals surface area contributed by atoms with Crippen molar-refractivity contribution in [3.05, 3.63) is 12.4 Å². The summed E-state index contributed by atoms with van der Waals surface area (Å²) >= 11 is 0. The minimum Gasteiger partial charge on any atom is -0.379 e. The van der Waals surface area contributed by atoms with Gasteiger partial charge >= 0.3 is 0 Å². The van der Waals surface area contributed by atoms with Gasteiger partial charge in [0.1, 0.15) is 0 Å². The lowest BCUT2D eigenvalue weighted by Gasteiger charge is -2.54. The molecule has 1 aromatic rings. The fourth-order valence-electron chi connectivity index (χ4n) is 3.99. The van der Waals surface area contributed by atoms with Crippen LogP contribution in [-0.2, 0) is 4.74 Å². The van der Waals surface area contributed by atoms with Crippen molar-refractivity contribution in [2.45, 2.75) is 71.1 Å². The highest BCUT2D eigenvalue weighted by atomic mass is 16.5. The summed E-state index contributed by atoms with van der Waals surface area (Å²) < 4.78 is 7.98. The molecule has 1 aromatic heterocycles. The predicted octanol–water partition coefficient (Wildman–Crippen LogP) is 3.61. The van der Waals surface area contributed by atoms with Gasteiger partial charge in [-0.05, 0) is 40.0 Å². The van der Waals surface area contributed by atoms with E-state index in [1.165, 1.54) is 25.7 Å². The lowest BCUT2D eigenvalue weighted by molar-refractivity contribution is -0.114. The molecule has 0 bridgehead atoms. The fraction of sp³-hybridized carbons (Fsp3) is 0.812. The highest BCUT2D eigenvalue weighted by Gasteiger charge is 2.56. The minimum atomic E-state index is 0.385. The first-order chi connectivity index (χ1) is 9.65. The van der Waals surface area contributed by atoms with Gasteiger partial charge in [0.15, 0.2) is 0 Å². The molecule has 2 aliphatic carbocycles. The molecule has 0 aliphatic heterocycles. The maximum absolute atomic E-state index is 5.97. The molecular formula is C16H27N3O. The number of aromatic nitrogens is 2. The van der Waals surface area contributed by atoms with Gasteiger partial charge in [-0.2, -0.15) is 5.10 Å². The molecule has 2 atom stereocenters. The van der Waals surface area contributed by atoms with Gasteiger partial charge in [0.05, 0.1) is 18.0 Å². The Kier molecular flexibility index (Phi) is 3.76. The number of rotatable bonds is 5. The van der Waals surface area contributed by atoms with E-state index >= 15 is 0 Å². The SMILES string of the molecule is CCOC1CC(Nc2cnn(C(C)C)c2)C12CCCC2. The summed E-state index contributed by atoms with van der Waals surface area (Å²) in [6.45, 7) is 7.26. The van der Waals surface area contributed by atoms with Crippen molar-refractivity contribution in [2.24, 2.45) is 5.41 Å². The Morgan fingerprint density at radius 1 is 1.45 bits per heavy atom. The lowest BCUT2D eigenvalue weighted by Crippen LogP contribution is -2.60. The third-order valence-electron chi connectivity index (χ3n) is 5.16. The minimum absolute atomic E-state index is 0.385. The number of hydrogen-bond acceptors (Lipinski definition) is 3. The summed E-state index contributed by atoms with van der Waals surface area (Å²) in [6.07, 6.45) is 11.0. The number of hydrogen-bond donors (Lipinski definition) is 1. The van der Waals surface area contributed by atoms with E-state index in [0.29, 0.717) is 23.6 Å². The zero-order chi connectivity index (χ0) is 14.2. The Morgan fingerprint density at radius 2 is 2.20 bits per heavy atom. The topological polar surface area (TPSA) is 39.1 Å². The zero-order valence-corrected chi connectivity index (χ0v) is 12.9. The van der Waals surface area contributed by atoms with E-state index in [4.69, 9.17) is 4.74 Å². The van der Waals surface area contributed by atoms with Crippen molar-refractivity contribution >= 4 is 5.69 Å². The smallest absolute Gasteiger partial charge is 0.0728 e. The summed E-state index contributed by atoms with van der Waals surface area (Å²) in [5.41, 5.74) is 1.54. The molecule has 2 aliphatic rings. The summed E-state index contributed by atoms with van der Waals surface area (Å²) in [7, 11) is 0. The molecule has 2 saturated carbocycles. The van der Waals surface area contributed by atoms with Crippen LogP contribution in [0.1, 0.15) is 58.9 Å². The Balaban J connectivity index is 1.68. The summed E-state index contributed by atoms with van der Waals surface area (Å²) in [6, 6.07) is 0.981. The first-order valence-electron chi connectivity index (χ1n) is 8.08. The van der Waals surface area contributed by atoms with Gasteiger partial charge in [0, 0.05) is 30.3 Å². The van der Waals surface area contributed by atoms with Gasteiger partial charge in [-0.25, -0.2) is 0 Å². The van der Waals surface area contributed by atoms with E-state index in [2.05, 4.69) is 37.4 Å². The van der Waals surface area contributed by atoms with Crippen molar-refractivity contribution in [1.29, 1.82) is 0 Å². The molecule has 20 heavy (non-hydrogen) atoms. The molecule has 0 radical (unpaired) electrons. The quantitative estimate of drug-likeness (QED) is 0.893. The van der Waals surface area contributed by atoms with Gasteiger partial charge in [-0.15, -0.1) is 0 Å². The van der Waals surface area contributed by atoms with Crippen LogP contribution in [0.25, 0.3) is 0 Å². The monoisotopic (exact) mass is 277 g/mol. The molecular weight excluding hydrogens is 250 g/mol. The van der Waals surface area contributed by atoms with Crippen LogP contribution < -0.4 is 5.32 Å². The van der Waals surface area contributed by atoms with E-state index in [1.54, 1.807) is 0 Å². The highest BCUT2D eigenvalue weighted by Crippen LogP contribution is 2.55. The molecule has 0 aromatic carbocycles. The molecule has 0 amide bonds. The molecule has 4 heteroatoms. The summed E-state index contributed by atoms with van der Waals surface area (Å²) in [4.78, 5) is 0. The van der Waals surface area contributed by atoms with E-state index in [0.717, 1.165) is 18.7 Å². The Labute approximate surface area is 121 Å². The normalized spacial score (nSPS) is 28.0. The van der Waals surface area contributed by atoms with Crippen LogP contribution in [0.3, 0.4) is 0 Å². The lowest BCUT2D eigenvalue weighted by atomic mass is 9.60. The van der Waals surface area contributed by atoms with E-state index in [1.807, 2.05) is 10.9 Å². The zero-order valence-electron chi connectivity index (χ0n) is 12.9. The standard InChI is InChI=1S/C16H27N3O/c1-4-20-15-9-14(16(15)7-5-6-8-16)18-13-10-17-19(11-13)12(2)3/h10-12,14-15,18H,4-9H2,1-3H3. The molecule has 1 spiro atoms. The van der Waals surface area contributed by atoms with Gasteiger partial charge in [-0.3, -0.25) is 4.68 Å². The largest absolute Gasteiger partial charge is 0.379 e. The summed E-state index contributed by atoms with van der Waals surface area (Å²) in [5, 5.41) is 8.13. The van der Waals surface area contributed by atoms with E-state index in [-0.39, 0.29) is 0 Å².